The summed E-state index contributed by atoms with van der Waals surface area (Å²) < 4.78 is 0. The van der Waals surface area contributed by atoms with Crippen molar-refractivity contribution >= 4 is 11.7 Å². The average molecular weight is 232 g/mol. The van der Waals surface area contributed by atoms with Gasteiger partial charge in [-0.3, -0.25) is 0 Å². The third kappa shape index (κ3) is 1.78. The average Bonchev–Trinajstić information content (AvgIpc) is 2.96. The molecule has 1 saturated carbocycles. The van der Waals surface area contributed by atoms with E-state index < -0.39 is 5.97 Å². The van der Waals surface area contributed by atoms with Gasteiger partial charge in [0.1, 0.15) is 0 Å². The Kier molecular flexibility index (Phi) is 2.52. The van der Waals surface area contributed by atoms with Gasteiger partial charge in [-0.25, -0.2) is 10.2 Å². The molecule has 3 rings (SSSR count). The van der Waals surface area contributed by atoms with Gasteiger partial charge in [0.2, 0.25) is 0 Å². The molecular weight excluding hydrogens is 216 g/mol. The van der Waals surface area contributed by atoms with Crippen LogP contribution in [0.15, 0.2) is 18.2 Å². The maximum Gasteiger partial charge on any atom is 0.335 e. The van der Waals surface area contributed by atoms with Crippen LogP contribution in [0.3, 0.4) is 0 Å². The molecule has 90 valence electrons. The molecule has 4 nitrogen and oxygen atoms in total. The van der Waals surface area contributed by atoms with Crippen LogP contribution >= 0.6 is 0 Å². The molecule has 1 aromatic rings. The number of benzene rings is 1. The van der Waals surface area contributed by atoms with Crippen molar-refractivity contribution in [3.8, 4) is 0 Å². The van der Waals surface area contributed by atoms with Crippen LogP contribution in [0.5, 0.6) is 0 Å². The second-order valence-corrected chi connectivity index (χ2v) is 4.79. The van der Waals surface area contributed by atoms with Gasteiger partial charge in [-0.15, -0.1) is 0 Å². The summed E-state index contributed by atoms with van der Waals surface area (Å²) >= 11 is 0. The van der Waals surface area contributed by atoms with Crippen LogP contribution in [-0.2, 0) is 6.54 Å². The molecule has 17 heavy (non-hydrogen) atoms. The van der Waals surface area contributed by atoms with E-state index in [-0.39, 0.29) is 0 Å². The van der Waals surface area contributed by atoms with Crippen molar-refractivity contribution in [2.24, 2.45) is 0 Å². The molecular formula is C13H16N2O2. The number of carbonyl (C=O) groups is 1. The number of carboxylic acids is 1. The van der Waals surface area contributed by atoms with E-state index in [1.165, 1.54) is 31.2 Å². The summed E-state index contributed by atoms with van der Waals surface area (Å²) in [5.74, 6) is -0.855. The molecule has 1 aliphatic carbocycles. The maximum absolute atomic E-state index is 11.0. The number of nitrogens with one attached hydrogen (secondary N) is 1. The minimum absolute atomic E-state index is 0.371. The Morgan fingerprint density at radius 1 is 1.35 bits per heavy atom. The SMILES string of the molecule is O=C(O)c1ccc2c(c1)N(C1CCCC1)NC2. The van der Waals surface area contributed by atoms with Gasteiger partial charge in [0.15, 0.2) is 0 Å². The van der Waals surface area contributed by atoms with Crippen LogP contribution in [0.1, 0.15) is 41.6 Å². The molecule has 0 spiro atoms. The zero-order valence-corrected chi connectivity index (χ0v) is 9.65. The predicted molar refractivity (Wildman–Crippen MR) is 65.0 cm³/mol. The number of hydrogen-bond donors (Lipinski definition) is 2. The van der Waals surface area contributed by atoms with Crippen molar-refractivity contribution < 1.29 is 9.90 Å². The molecule has 0 saturated heterocycles. The lowest BCUT2D eigenvalue weighted by atomic mass is 10.1. The lowest BCUT2D eigenvalue weighted by molar-refractivity contribution is 0.0697. The van der Waals surface area contributed by atoms with Gasteiger partial charge in [-0.05, 0) is 30.5 Å². The fraction of sp³-hybridized carbons (Fsp3) is 0.462. The molecule has 1 aliphatic heterocycles. The van der Waals surface area contributed by atoms with E-state index >= 15 is 0 Å². The highest BCUT2D eigenvalue weighted by molar-refractivity contribution is 5.89. The molecule has 1 heterocycles. The smallest absolute Gasteiger partial charge is 0.335 e. The van der Waals surface area contributed by atoms with Crippen LogP contribution in [0, 0.1) is 0 Å². The number of hydrazine groups is 1. The highest BCUT2D eigenvalue weighted by atomic mass is 16.4. The summed E-state index contributed by atoms with van der Waals surface area (Å²) in [5, 5.41) is 11.2. The lowest BCUT2D eigenvalue weighted by Gasteiger charge is -2.26. The fourth-order valence-electron chi connectivity index (χ4n) is 2.81. The van der Waals surface area contributed by atoms with Crippen molar-refractivity contribution in [2.45, 2.75) is 38.3 Å². The first-order chi connectivity index (χ1) is 8.25. The van der Waals surface area contributed by atoms with Crippen LogP contribution in [0.2, 0.25) is 0 Å². The Bertz CT molecular complexity index is 453. The summed E-state index contributed by atoms with van der Waals surface area (Å²) in [5.41, 5.74) is 5.99. The van der Waals surface area contributed by atoms with Crippen LogP contribution < -0.4 is 10.4 Å². The van der Waals surface area contributed by atoms with Gasteiger partial charge in [-0.1, -0.05) is 18.9 Å². The van der Waals surface area contributed by atoms with Crippen molar-refractivity contribution in [3.63, 3.8) is 0 Å². The summed E-state index contributed by atoms with van der Waals surface area (Å²) in [7, 11) is 0. The third-order valence-electron chi connectivity index (χ3n) is 3.72. The molecule has 0 atom stereocenters. The molecule has 2 N–H and O–H groups in total. The largest absolute Gasteiger partial charge is 0.478 e. The third-order valence-corrected chi connectivity index (χ3v) is 3.72. The molecule has 0 bridgehead atoms. The number of aromatic carboxylic acids is 1. The zero-order valence-electron chi connectivity index (χ0n) is 9.65. The van der Waals surface area contributed by atoms with E-state index in [1.807, 2.05) is 6.07 Å². The Morgan fingerprint density at radius 3 is 2.82 bits per heavy atom. The Labute approximate surface area is 100 Å². The highest BCUT2D eigenvalue weighted by Gasteiger charge is 2.28. The van der Waals surface area contributed by atoms with Gasteiger partial charge in [0.05, 0.1) is 11.3 Å². The molecule has 4 heteroatoms. The van der Waals surface area contributed by atoms with E-state index in [9.17, 15) is 4.79 Å². The van der Waals surface area contributed by atoms with Crippen molar-refractivity contribution in [1.82, 2.24) is 5.43 Å². The topological polar surface area (TPSA) is 52.6 Å². The molecule has 0 amide bonds. The van der Waals surface area contributed by atoms with E-state index in [0.717, 1.165) is 12.2 Å². The van der Waals surface area contributed by atoms with Gasteiger partial charge in [0.25, 0.3) is 0 Å². The zero-order chi connectivity index (χ0) is 11.8. The van der Waals surface area contributed by atoms with Crippen molar-refractivity contribution in [1.29, 1.82) is 0 Å². The monoisotopic (exact) mass is 232 g/mol. The van der Waals surface area contributed by atoms with Crippen LogP contribution in [-0.4, -0.2) is 17.1 Å². The minimum Gasteiger partial charge on any atom is -0.478 e. The number of anilines is 1. The second-order valence-electron chi connectivity index (χ2n) is 4.79. The number of hydrogen-bond acceptors (Lipinski definition) is 3. The standard InChI is InChI=1S/C13H16N2O2/c16-13(17)9-5-6-10-8-14-15(12(10)7-9)11-3-1-2-4-11/h5-7,11,14H,1-4,8H2,(H,16,17). The number of nitrogens with zero attached hydrogens (tertiary/aromatic N) is 1. The summed E-state index contributed by atoms with van der Waals surface area (Å²) in [4.78, 5) is 11.0. The van der Waals surface area contributed by atoms with E-state index in [4.69, 9.17) is 5.11 Å². The second kappa shape index (κ2) is 4.04. The fourth-order valence-corrected chi connectivity index (χ4v) is 2.81. The van der Waals surface area contributed by atoms with Gasteiger partial charge < -0.3 is 10.1 Å². The number of rotatable bonds is 2. The predicted octanol–water partition coefficient (Wildman–Crippen LogP) is 2.15. The van der Waals surface area contributed by atoms with Crippen molar-refractivity contribution in [2.75, 3.05) is 5.01 Å². The summed E-state index contributed by atoms with van der Waals surface area (Å²) in [6, 6.07) is 5.91. The Morgan fingerprint density at radius 2 is 2.12 bits per heavy atom. The first-order valence-electron chi connectivity index (χ1n) is 6.14. The quantitative estimate of drug-likeness (QED) is 0.820. The first kappa shape index (κ1) is 10.6. The maximum atomic E-state index is 11.0. The van der Waals surface area contributed by atoms with Gasteiger partial charge in [0, 0.05) is 12.6 Å². The molecule has 1 fully saturated rings. The summed E-state index contributed by atoms with van der Waals surface area (Å²) in [6.45, 7) is 0.811. The Hall–Kier alpha value is -1.55. The lowest BCUT2D eigenvalue weighted by Crippen LogP contribution is -2.40. The molecule has 0 aromatic heterocycles. The minimum atomic E-state index is -0.855. The molecule has 0 unspecified atom stereocenters. The van der Waals surface area contributed by atoms with Crippen molar-refractivity contribution in [3.05, 3.63) is 29.3 Å². The molecule has 2 aliphatic rings. The molecule has 0 radical (unpaired) electrons. The van der Waals surface area contributed by atoms with E-state index in [2.05, 4.69) is 10.4 Å². The van der Waals surface area contributed by atoms with E-state index in [1.54, 1.807) is 12.1 Å². The van der Waals surface area contributed by atoms with Crippen LogP contribution in [0.4, 0.5) is 5.69 Å². The summed E-state index contributed by atoms with van der Waals surface area (Å²) in [6.07, 6.45) is 4.95. The van der Waals surface area contributed by atoms with E-state index in [0.29, 0.717) is 11.6 Å². The van der Waals surface area contributed by atoms with Gasteiger partial charge >= 0.3 is 5.97 Å². The van der Waals surface area contributed by atoms with Crippen LogP contribution in [0.25, 0.3) is 0 Å². The number of fused-ring (bicyclic) bond motifs is 1. The highest BCUT2D eigenvalue weighted by Crippen LogP contribution is 2.33. The first-order valence-corrected chi connectivity index (χ1v) is 6.14. The van der Waals surface area contributed by atoms with Gasteiger partial charge in [-0.2, -0.15) is 0 Å². The normalized spacial score (nSPS) is 19.6. The molecule has 1 aromatic carbocycles. The Balaban J connectivity index is 1.93. The number of carboxylic acid groups (broad SMARTS) is 1.